The highest BCUT2D eigenvalue weighted by Gasteiger charge is 2.09. The fourth-order valence-electron chi connectivity index (χ4n) is 2.07. The first-order valence-corrected chi connectivity index (χ1v) is 6.62. The minimum atomic E-state index is -0.276. The molecule has 1 aromatic heterocycles. The molecule has 0 radical (unpaired) electrons. The first kappa shape index (κ1) is 13.5. The van der Waals surface area contributed by atoms with E-state index in [1.54, 1.807) is 6.07 Å². The summed E-state index contributed by atoms with van der Waals surface area (Å²) in [6.07, 6.45) is 2.07. The number of aromatic nitrogens is 2. The van der Waals surface area contributed by atoms with E-state index in [1.807, 2.05) is 30.3 Å². The molecule has 0 N–H and O–H groups in total. The monoisotopic (exact) mass is 300 g/mol. The smallest absolute Gasteiger partial charge is 0.154 e. The molecule has 0 bridgehead atoms. The maximum Gasteiger partial charge on any atom is 0.154 e. The van der Waals surface area contributed by atoms with Crippen LogP contribution in [0.4, 0.5) is 4.39 Å². The van der Waals surface area contributed by atoms with Crippen LogP contribution < -0.4 is 0 Å². The van der Waals surface area contributed by atoms with Crippen LogP contribution in [0, 0.1) is 5.82 Å². The molecule has 0 saturated carbocycles. The second-order valence-electron chi connectivity index (χ2n) is 4.48. The maximum absolute atomic E-state index is 13.2. The highest BCUT2D eigenvalue weighted by Crippen LogP contribution is 2.24. The largest absolute Gasteiger partial charge is 0.298 e. The van der Waals surface area contributed by atoms with E-state index in [2.05, 4.69) is 5.10 Å². The normalized spacial score (nSPS) is 10.6. The van der Waals surface area contributed by atoms with Crippen molar-refractivity contribution in [3.63, 3.8) is 0 Å². The van der Waals surface area contributed by atoms with Crippen molar-refractivity contribution in [2.45, 2.75) is 0 Å². The van der Waals surface area contributed by atoms with Crippen molar-refractivity contribution in [3.05, 3.63) is 71.3 Å². The quantitative estimate of drug-likeness (QED) is 0.681. The van der Waals surface area contributed by atoms with E-state index in [1.165, 1.54) is 23.0 Å². The summed E-state index contributed by atoms with van der Waals surface area (Å²) in [4.78, 5) is 10.8. The zero-order valence-electron chi connectivity index (χ0n) is 10.8. The second kappa shape index (κ2) is 5.50. The van der Waals surface area contributed by atoms with Crippen LogP contribution in [0.1, 0.15) is 10.4 Å². The SMILES string of the molecule is O=Cc1cnn(-c2ccc(-c3cccc(F)c3)cc2)c1Cl. The molecular weight excluding hydrogens is 291 g/mol. The third kappa shape index (κ3) is 2.58. The lowest BCUT2D eigenvalue weighted by Crippen LogP contribution is -1.96. The van der Waals surface area contributed by atoms with E-state index in [9.17, 15) is 9.18 Å². The van der Waals surface area contributed by atoms with E-state index in [0.29, 0.717) is 11.8 Å². The first-order valence-electron chi connectivity index (χ1n) is 6.24. The fourth-order valence-corrected chi connectivity index (χ4v) is 2.30. The van der Waals surface area contributed by atoms with Gasteiger partial charge in [0.2, 0.25) is 0 Å². The Morgan fingerprint density at radius 1 is 1.10 bits per heavy atom. The van der Waals surface area contributed by atoms with Gasteiger partial charge in [0.15, 0.2) is 6.29 Å². The summed E-state index contributed by atoms with van der Waals surface area (Å²) >= 11 is 6.06. The first-order chi connectivity index (χ1) is 10.2. The zero-order valence-corrected chi connectivity index (χ0v) is 11.6. The Morgan fingerprint density at radius 2 is 1.86 bits per heavy atom. The number of carbonyl (C=O) groups is 1. The van der Waals surface area contributed by atoms with Crippen LogP contribution >= 0.6 is 11.6 Å². The average Bonchev–Trinajstić information content (AvgIpc) is 2.88. The summed E-state index contributed by atoms with van der Waals surface area (Å²) in [7, 11) is 0. The molecule has 104 valence electrons. The van der Waals surface area contributed by atoms with Crippen LogP contribution in [0.5, 0.6) is 0 Å². The van der Waals surface area contributed by atoms with E-state index in [4.69, 9.17) is 11.6 Å². The summed E-state index contributed by atoms with van der Waals surface area (Å²) in [5, 5.41) is 4.33. The second-order valence-corrected chi connectivity index (χ2v) is 4.84. The number of rotatable bonds is 3. The highest BCUT2D eigenvalue weighted by atomic mass is 35.5. The molecule has 0 fully saturated rings. The molecule has 3 aromatic rings. The van der Waals surface area contributed by atoms with Gasteiger partial charge in [0.1, 0.15) is 11.0 Å². The minimum absolute atomic E-state index is 0.267. The number of nitrogens with zero attached hydrogens (tertiary/aromatic N) is 2. The van der Waals surface area contributed by atoms with Gasteiger partial charge in [-0.25, -0.2) is 9.07 Å². The molecule has 3 rings (SSSR count). The Bertz CT molecular complexity index is 796. The molecule has 0 amide bonds. The van der Waals surface area contributed by atoms with Crippen LogP contribution in [-0.2, 0) is 0 Å². The van der Waals surface area contributed by atoms with Crippen molar-refractivity contribution in [1.29, 1.82) is 0 Å². The predicted octanol–water partition coefficient (Wildman–Crippen LogP) is 4.14. The van der Waals surface area contributed by atoms with Crippen molar-refractivity contribution in [2.24, 2.45) is 0 Å². The molecule has 0 unspecified atom stereocenters. The van der Waals surface area contributed by atoms with Crippen molar-refractivity contribution in [3.8, 4) is 16.8 Å². The van der Waals surface area contributed by atoms with Crippen LogP contribution in [0.2, 0.25) is 5.15 Å². The number of hydrogen-bond acceptors (Lipinski definition) is 2. The van der Waals surface area contributed by atoms with Crippen molar-refractivity contribution in [1.82, 2.24) is 9.78 Å². The molecule has 5 heteroatoms. The Hall–Kier alpha value is -2.46. The van der Waals surface area contributed by atoms with Gasteiger partial charge in [-0.1, -0.05) is 35.9 Å². The van der Waals surface area contributed by atoms with E-state index >= 15 is 0 Å². The summed E-state index contributed by atoms with van der Waals surface area (Å²) < 4.78 is 14.7. The van der Waals surface area contributed by atoms with Crippen LogP contribution in [-0.4, -0.2) is 16.1 Å². The lowest BCUT2D eigenvalue weighted by atomic mass is 10.1. The molecule has 0 aliphatic carbocycles. The van der Waals surface area contributed by atoms with Crippen LogP contribution in [0.3, 0.4) is 0 Å². The summed E-state index contributed by atoms with van der Waals surface area (Å²) in [5.41, 5.74) is 2.75. The Balaban J connectivity index is 1.97. The molecule has 0 aliphatic rings. The molecule has 3 nitrogen and oxygen atoms in total. The topological polar surface area (TPSA) is 34.9 Å². The van der Waals surface area contributed by atoms with Gasteiger partial charge < -0.3 is 0 Å². The van der Waals surface area contributed by atoms with Crippen molar-refractivity contribution in [2.75, 3.05) is 0 Å². The Labute approximate surface area is 125 Å². The molecular formula is C16H10ClFN2O. The molecule has 21 heavy (non-hydrogen) atoms. The lowest BCUT2D eigenvalue weighted by molar-refractivity contribution is 0.112. The van der Waals surface area contributed by atoms with Crippen molar-refractivity contribution >= 4 is 17.9 Å². The number of carbonyl (C=O) groups excluding carboxylic acids is 1. The summed E-state index contributed by atoms with van der Waals surface area (Å²) in [6, 6.07) is 13.7. The third-order valence-electron chi connectivity index (χ3n) is 3.13. The third-order valence-corrected chi connectivity index (χ3v) is 3.51. The maximum atomic E-state index is 13.2. The molecule has 0 atom stereocenters. The minimum Gasteiger partial charge on any atom is -0.298 e. The van der Waals surface area contributed by atoms with Gasteiger partial charge in [-0.2, -0.15) is 5.10 Å². The van der Waals surface area contributed by atoms with Crippen LogP contribution in [0.15, 0.2) is 54.7 Å². The highest BCUT2D eigenvalue weighted by molar-refractivity contribution is 6.32. The number of benzene rings is 2. The summed E-state index contributed by atoms with van der Waals surface area (Å²) in [6.45, 7) is 0. The Kier molecular flexibility index (Phi) is 3.54. The fraction of sp³-hybridized carbons (Fsp3) is 0. The van der Waals surface area contributed by atoms with Crippen LogP contribution in [0.25, 0.3) is 16.8 Å². The predicted molar refractivity (Wildman–Crippen MR) is 79.4 cm³/mol. The molecule has 0 aliphatic heterocycles. The zero-order chi connectivity index (χ0) is 14.8. The van der Waals surface area contributed by atoms with Crippen molar-refractivity contribution < 1.29 is 9.18 Å². The van der Waals surface area contributed by atoms with Gasteiger partial charge >= 0.3 is 0 Å². The number of aldehydes is 1. The van der Waals surface area contributed by atoms with Gasteiger partial charge in [-0.15, -0.1) is 0 Å². The van der Waals surface area contributed by atoms with Gasteiger partial charge in [0, 0.05) is 0 Å². The number of hydrogen-bond donors (Lipinski definition) is 0. The number of halogens is 2. The van der Waals surface area contributed by atoms with Gasteiger partial charge in [-0.05, 0) is 35.4 Å². The standard InChI is InChI=1S/C16H10ClFN2O/c17-16-13(10-21)9-19-20(16)15-6-4-11(5-7-15)12-2-1-3-14(18)8-12/h1-10H. The molecule has 1 heterocycles. The molecule has 0 spiro atoms. The van der Waals surface area contributed by atoms with Gasteiger partial charge in [0.25, 0.3) is 0 Å². The molecule has 2 aromatic carbocycles. The summed E-state index contributed by atoms with van der Waals surface area (Å²) in [5.74, 6) is -0.276. The van der Waals surface area contributed by atoms with E-state index < -0.39 is 0 Å². The average molecular weight is 301 g/mol. The van der Waals surface area contributed by atoms with Gasteiger partial charge in [0.05, 0.1) is 17.4 Å². The Morgan fingerprint density at radius 3 is 2.48 bits per heavy atom. The lowest BCUT2D eigenvalue weighted by Gasteiger charge is -2.06. The van der Waals surface area contributed by atoms with Gasteiger partial charge in [-0.3, -0.25) is 4.79 Å². The van der Waals surface area contributed by atoms with E-state index in [-0.39, 0.29) is 11.0 Å². The van der Waals surface area contributed by atoms with E-state index in [0.717, 1.165) is 16.8 Å². The molecule has 0 saturated heterocycles.